The van der Waals surface area contributed by atoms with Crippen LogP contribution in [0.1, 0.15) is 11.7 Å². The molecule has 0 spiro atoms. The molecule has 0 aliphatic carbocycles. The number of para-hydroxylation sites is 1. The number of aromatic amines is 1. The minimum absolute atomic E-state index is 0.0303. The third kappa shape index (κ3) is 4.21. The van der Waals surface area contributed by atoms with E-state index >= 15 is 0 Å². The molecule has 1 unspecified atom stereocenters. The lowest BCUT2D eigenvalue weighted by Crippen LogP contribution is -2.26. The zero-order chi connectivity index (χ0) is 20.2. The summed E-state index contributed by atoms with van der Waals surface area (Å²) in [5.41, 5.74) is 2.60. The summed E-state index contributed by atoms with van der Waals surface area (Å²) in [5, 5.41) is 26.5. The Kier molecular flexibility index (Phi) is 5.41. The van der Waals surface area contributed by atoms with Crippen LogP contribution in [-0.4, -0.2) is 34.7 Å². The molecule has 0 fully saturated rings. The lowest BCUT2D eigenvalue weighted by Gasteiger charge is -2.12. The standard InChI is InChI=1S/C22H21N3O4/c26-22(15-4-3-5-16(12-15)25(27)28)14-23-10-11-29-17-8-9-19-18-6-1-2-7-20(18)24-21(19)13-17/h1-9,12-13,22-24,26H,10-11,14H2. The van der Waals surface area contributed by atoms with E-state index in [-0.39, 0.29) is 12.2 Å². The smallest absolute Gasteiger partial charge is 0.269 e. The first kappa shape index (κ1) is 18.9. The fourth-order valence-corrected chi connectivity index (χ4v) is 3.37. The molecular weight excluding hydrogens is 370 g/mol. The molecule has 148 valence electrons. The first-order valence-corrected chi connectivity index (χ1v) is 9.38. The van der Waals surface area contributed by atoms with Gasteiger partial charge in [-0.15, -0.1) is 0 Å². The number of nitrogens with one attached hydrogen (secondary N) is 2. The van der Waals surface area contributed by atoms with Gasteiger partial charge in [-0.05, 0) is 23.8 Å². The van der Waals surface area contributed by atoms with E-state index in [9.17, 15) is 15.2 Å². The van der Waals surface area contributed by atoms with E-state index in [4.69, 9.17) is 4.74 Å². The average Bonchev–Trinajstić information content (AvgIpc) is 3.11. The molecule has 0 amide bonds. The molecule has 0 aliphatic rings. The molecule has 7 nitrogen and oxygen atoms in total. The third-order valence-corrected chi connectivity index (χ3v) is 4.83. The van der Waals surface area contributed by atoms with E-state index in [1.807, 2.05) is 36.4 Å². The summed E-state index contributed by atoms with van der Waals surface area (Å²) in [4.78, 5) is 13.7. The Morgan fingerprint density at radius 1 is 1.03 bits per heavy atom. The highest BCUT2D eigenvalue weighted by molar-refractivity contribution is 6.07. The highest BCUT2D eigenvalue weighted by Gasteiger charge is 2.12. The van der Waals surface area contributed by atoms with Crippen molar-refractivity contribution in [2.45, 2.75) is 6.10 Å². The number of fused-ring (bicyclic) bond motifs is 3. The lowest BCUT2D eigenvalue weighted by molar-refractivity contribution is -0.385. The summed E-state index contributed by atoms with van der Waals surface area (Å²) in [7, 11) is 0. The number of benzene rings is 3. The number of ether oxygens (including phenoxy) is 1. The van der Waals surface area contributed by atoms with Gasteiger partial charge in [-0.1, -0.05) is 30.3 Å². The quantitative estimate of drug-likeness (QED) is 0.240. The van der Waals surface area contributed by atoms with Crippen molar-refractivity contribution in [2.75, 3.05) is 19.7 Å². The molecule has 0 saturated carbocycles. The van der Waals surface area contributed by atoms with Crippen LogP contribution in [0.5, 0.6) is 5.75 Å². The molecule has 4 rings (SSSR count). The van der Waals surface area contributed by atoms with Gasteiger partial charge in [0.2, 0.25) is 0 Å². The molecule has 29 heavy (non-hydrogen) atoms. The van der Waals surface area contributed by atoms with Gasteiger partial charge in [-0.2, -0.15) is 0 Å². The Morgan fingerprint density at radius 2 is 1.86 bits per heavy atom. The Bertz CT molecular complexity index is 1160. The zero-order valence-electron chi connectivity index (χ0n) is 15.7. The number of nitro benzene ring substituents is 1. The molecule has 0 saturated heterocycles. The third-order valence-electron chi connectivity index (χ3n) is 4.83. The Hall–Kier alpha value is -3.42. The molecule has 1 aromatic heterocycles. The fraction of sp³-hybridized carbons (Fsp3) is 0.182. The summed E-state index contributed by atoms with van der Waals surface area (Å²) in [6.07, 6.45) is -0.822. The van der Waals surface area contributed by atoms with Gasteiger partial charge >= 0.3 is 0 Å². The van der Waals surface area contributed by atoms with Crippen LogP contribution in [0.15, 0.2) is 66.7 Å². The van der Waals surface area contributed by atoms with Crippen molar-refractivity contribution in [1.82, 2.24) is 10.3 Å². The highest BCUT2D eigenvalue weighted by atomic mass is 16.6. The Morgan fingerprint density at radius 3 is 2.72 bits per heavy atom. The SMILES string of the molecule is O=[N+]([O-])c1cccc(C(O)CNCCOc2ccc3c(c2)[nH]c2ccccc23)c1. The molecule has 0 aliphatic heterocycles. The number of nitrogens with zero attached hydrogens (tertiary/aromatic N) is 1. The Labute approximate surface area is 167 Å². The largest absolute Gasteiger partial charge is 0.492 e. The predicted octanol–water partition coefficient (Wildman–Crippen LogP) is 3.93. The summed E-state index contributed by atoms with van der Waals surface area (Å²) in [6.45, 7) is 1.26. The maximum atomic E-state index is 10.8. The first-order chi connectivity index (χ1) is 14.1. The molecule has 0 bridgehead atoms. The second-order valence-corrected chi connectivity index (χ2v) is 6.80. The van der Waals surface area contributed by atoms with Crippen LogP contribution in [-0.2, 0) is 0 Å². The highest BCUT2D eigenvalue weighted by Crippen LogP contribution is 2.28. The van der Waals surface area contributed by atoms with Crippen molar-refractivity contribution in [3.05, 3.63) is 82.4 Å². The van der Waals surface area contributed by atoms with E-state index in [0.717, 1.165) is 22.2 Å². The number of H-pyrrole nitrogens is 1. The van der Waals surface area contributed by atoms with Gasteiger partial charge in [0.15, 0.2) is 0 Å². The second-order valence-electron chi connectivity index (χ2n) is 6.80. The van der Waals surface area contributed by atoms with Gasteiger partial charge < -0.3 is 20.1 Å². The maximum Gasteiger partial charge on any atom is 0.269 e. The monoisotopic (exact) mass is 391 g/mol. The molecule has 1 heterocycles. The van der Waals surface area contributed by atoms with Crippen molar-refractivity contribution in [3.63, 3.8) is 0 Å². The maximum absolute atomic E-state index is 10.8. The molecule has 4 aromatic rings. The van der Waals surface area contributed by atoms with Crippen LogP contribution >= 0.6 is 0 Å². The van der Waals surface area contributed by atoms with Crippen molar-refractivity contribution >= 4 is 27.5 Å². The van der Waals surface area contributed by atoms with Crippen molar-refractivity contribution in [2.24, 2.45) is 0 Å². The van der Waals surface area contributed by atoms with E-state index in [2.05, 4.69) is 16.4 Å². The average molecular weight is 391 g/mol. The number of aliphatic hydroxyl groups excluding tert-OH is 1. The Balaban J connectivity index is 1.29. The molecule has 0 radical (unpaired) electrons. The fourth-order valence-electron chi connectivity index (χ4n) is 3.37. The predicted molar refractivity (Wildman–Crippen MR) is 112 cm³/mol. The zero-order valence-corrected chi connectivity index (χ0v) is 15.7. The number of hydrogen-bond acceptors (Lipinski definition) is 5. The van der Waals surface area contributed by atoms with E-state index in [1.165, 1.54) is 17.5 Å². The number of aliphatic hydroxyl groups is 1. The van der Waals surface area contributed by atoms with Gasteiger partial charge in [0.25, 0.3) is 5.69 Å². The number of hydrogen-bond donors (Lipinski definition) is 3. The number of nitro groups is 1. The van der Waals surface area contributed by atoms with Crippen LogP contribution < -0.4 is 10.1 Å². The number of non-ortho nitro benzene ring substituents is 1. The van der Waals surface area contributed by atoms with Crippen LogP contribution in [0, 0.1) is 10.1 Å². The molecule has 3 aromatic carbocycles. The van der Waals surface area contributed by atoms with Gasteiger partial charge in [-0.25, -0.2) is 0 Å². The van der Waals surface area contributed by atoms with Crippen LogP contribution in [0.3, 0.4) is 0 Å². The molecule has 1 atom stereocenters. The van der Waals surface area contributed by atoms with Gasteiger partial charge in [0.1, 0.15) is 12.4 Å². The van der Waals surface area contributed by atoms with Crippen LogP contribution in [0.25, 0.3) is 21.8 Å². The van der Waals surface area contributed by atoms with Crippen molar-refractivity contribution in [3.8, 4) is 5.75 Å². The van der Waals surface area contributed by atoms with Gasteiger partial charge in [-0.3, -0.25) is 10.1 Å². The van der Waals surface area contributed by atoms with Crippen molar-refractivity contribution in [1.29, 1.82) is 0 Å². The summed E-state index contributed by atoms with van der Waals surface area (Å²) < 4.78 is 5.79. The normalized spacial score (nSPS) is 12.3. The van der Waals surface area contributed by atoms with E-state index in [0.29, 0.717) is 18.7 Å². The minimum Gasteiger partial charge on any atom is -0.492 e. The van der Waals surface area contributed by atoms with Crippen LogP contribution in [0.4, 0.5) is 5.69 Å². The van der Waals surface area contributed by atoms with Gasteiger partial charge in [0, 0.05) is 47.6 Å². The second kappa shape index (κ2) is 8.30. The van der Waals surface area contributed by atoms with Gasteiger partial charge in [0.05, 0.1) is 16.5 Å². The summed E-state index contributed by atoms with van der Waals surface area (Å²) >= 11 is 0. The summed E-state index contributed by atoms with van der Waals surface area (Å²) in [6, 6.07) is 20.2. The van der Waals surface area contributed by atoms with Crippen LogP contribution in [0.2, 0.25) is 0 Å². The van der Waals surface area contributed by atoms with E-state index < -0.39 is 11.0 Å². The van der Waals surface area contributed by atoms with E-state index in [1.54, 1.807) is 12.1 Å². The summed E-state index contributed by atoms with van der Waals surface area (Å²) in [5.74, 6) is 0.769. The minimum atomic E-state index is -0.822. The number of rotatable bonds is 8. The first-order valence-electron chi connectivity index (χ1n) is 9.38. The molecule has 3 N–H and O–H groups in total. The molecule has 7 heteroatoms. The lowest BCUT2D eigenvalue weighted by atomic mass is 10.1. The molecular formula is C22H21N3O4. The van der Waals surface area contributed by atoms with Crippen molar-refractivity contribution < 1.29 is 14.8 Å². The topological polar surface area (TPSA) is 100 Å². The number of aromatic nitrogens is 1.